The zero-order chi connectivity index (χ0) is 27.0. The highest BCUT2D eigenvalue weighted by Crippen LogP contribution is 2.22. The summed E-state index contributed by atoms with van der Waals surface area (Å²) >= 11 is 5.96. The lowest BCUT2D eigenvalue weighted by molar-refractivity contribution is -0.134. The maximum absolute atomic E-state index is 10.3. The Balaban J connectivity index is 0.00000112. The molecule has 0 saturated heterocycles. The third kappa shape index (κ3) is 12.1. The molecule has 37 heavy (non-hydrogen) atoms. The van der Waals surface area contributed by atoms with Crippen molar-refractivity contribution in [1.82, 2.24) is 5.32 Å². The largest absolute Gasteiger partial charge is 0.508 e. The lowest BCUT2D eigenvalue weighted by Crippen LogP contribution is -2.23. The first-order chi connectivity index (χ1) is 17.8. The number of rotatable bonds is 13. The number of carbonyl (C=O) groups is 1. The molecule has 0 fully saturated rings. The molecule has 0 aromatic heterocycles. The molecule has 3 aromatic rings. The summed E-state index contributed by atoms with van der Waals surface area (Å²) in [5, 5.41) is 40.5. The number of halogens is 1. The van der Waals surface area contributed by atoms with Crippen LogP contribution < -0.4 is 10.1 Å². The molecule has 0 spiro atoms. The van der Waals surface area contributed by atoms with Gasteiger partial charge in [-0.05, 0) is 66.1 Å². The van der Waals surface area contributed by atoms with E-state index in [2.05, 4.69) is 5.32 Å². The summed E-state index contributed by atoms with van der Waals surface area (Å²) in [4.78, 5) is 9.00. The molecule has 0 heterocycles. The van der Waals surface area contributed by atoms with Crippen molar-refractivity contribution in [1.29, 1.82) is 0 Å². The Morgan fingerprint density at radius 2 is 1.76 bits per heavy atom. The molecule has 8 nitrogen and oxygen atoms in total. The number of aliphatic carboxylic acids is 1. The molecule has 0 aliphatic carbocycles. The van der Waals surface area contributed by atoms with Crippen LogP contribution in [0, 0.1) is 0 Å². The van der Waals surface area contributed by atoms with Crippen LogP contribution in [0.5, 0.6) is 11.5 Å². The van der Waals surface area contributed by atoms with Crippen molar-refractivity contribution in [3.05, 3.63) is 94.0 Å². The molecule has 0 unspecified atom stereocenters. The fourth-order valence-corrected chi connectivity index (χ4v) is 3.53. The predicted molar refractivity (Wildman–Crippen MR) is 142 cm³/mol. The zero-order valence-corrected chi connectivity index (χ0v) is 21.5. The van der Waals surface area contributed by atoms with Gasteiger partial charge in [0, 0.05) is 24.1 Å². The molecule has 5 N–H and O–H groups in total. The van der Waals surface area contributed by atoms with Gasteiger partial charge in [-0.15, -0.1) is 0 Å². The molecule has 0 bridgehead atoms. The van der Waals surface area contributed by atoms with Gasteiger partial charge in [0.25, 0.3) is 5.97 Å². The van der Waals surface area contributed by atoms with Crippen LogP contribution >= 0.6 is 11.6 Å². The topological polar surface area (TPSA) is 128 Å². The maximum Gasteiger partial charge on any atom is 0.300 e. The quantitative estimate of drug-likeness (QED) is 0.209. The average Bonchev–Trinajstić information content (AvgIpc) is 2.87. The summed E-state index contributed by atoms with van der Waals surface area (Å²) in [6, 6.07) is 20.3. The SMILES string of the molecule is CC(=O)O.OCc1cc([C@@H](O)CNCCc2ccc(OCCOCc3cccc(Cl)c3)cc2)ccc1O. The summed E-state index contributed by atoms with van der Waals surface area (Å²) in [6.45, 7) is 3.36. The highest BCUT2D eigenvalue weighted by molar-refractivity contribution is 6.30. The second kappa shape index (κ2) is 16.6. The summed E-state index contributed by atoms with van der Waals surface area (Å²) in [7, 11) is 0. The minimum Gasteiger partial charge on any atom is -0.508 e. The molecule has 3 rings (SSSR count). The van der Waals surface area contributed by atoms with Gasteiger partial charge in [-0.25, -0.2) is 0 Å². The van der Waals surface area contributed by atoms with Crippen molar-refractivity contribution in [2.24, 2.45) is 0 Å². The lowest BCUT2D eigenvalue weighted by Gasteiger charge is -2.14. The van der Waals surface area contributed by atoms with Gasteiger partial charge in [0.15, 0.2) is 0 Å². The van der Waals surface area contributed by atoms with Gasteiger partial charge in [-0.2, -0.15) is 0 Å². The van der Waals surface area contributed by atoms with Crippen LogP contribution in [0.3, 0.4) is 0 Å². The molecule has 0 saturated carbocycles. The molecule has 1 atom stereocenters. The number of phenols is 1. The van der Waals surface area contributed by atoms with Crippen molar-refractivity contribution in [2.45, 2.75) is 32.7 Å². The Hall–Kier alpha value is -3.14. The fraction of sp³-hybridized carbons (Fsp3) is 0.321. The van der Waals surface area contributed by atoms with E-state index in [9.17, 15) is 15.3 Å². The minimum absolute atomic E-state index is 0.0268. The molecular formula is C28H34ClNO7. The van der Waals surface area contributed by atoms with Gasteiger partial charge >= 0.3 is 0 Å². The number of ether oxygens (including phenoxy) is 2. The number of hydrogen-bond acceptors (Lipinski definition) is 7. The van der Waals surface area contributed by atoms with E-state index in [1.807, 2.05) is 48.5 Å². The summed E-state index contributed by atoms with van der Waals surface area (Å²) in [6.07, 6.45) is 0.0977. The van der Waals surface area contributed by atoms with Crippen LogP contribution in [0.15, 0.2) is 66.7 Å². The van der Waals surface area contributed by atoms with Gasteiger partial charge < -0.3 is 35.2 Å². The van der Waals surface area contributed by atoms with Crippen LogP contribution in [0.1, 0.15) is 35.3 Å². The Labute approximate surface area is 222 Å². The highest BCUT2D eigenvalue weighted by Gasteiger charge is 2.10. The molecule has 0 radical (unpaired) electrons. The highest BCUT2D eigenvalue weighted by atomic mass is 35.5. The van der Waals surface area contributed by atoms with E-state index in [4.69, 9.17) is 31.0 Å². The van der Waals surface area contributed by atoms with Crippen molar-refractivity contribution < 1.29 is 34.7 Å². The fourth-order valence-electron chi connectivity index (χ4n) is 3.32. The molecule has 0 aliphatic rings. The summed E-state index contributed by atoms with van der Waals surface area (Å²) in [5.41, 5.74) is 3.25. The molecule has 3 aromatic carbocycles. The number of hydrogen-bond donors (Lipinski definition) is 5. The van der Waals surface area contributed by atoms with Gasteiger partial charge in [-0.3, -0.25) is 4.79 Å². The van der Waals surface area contributed by atoms with Gasteiger partial charge in [0.2, 0.25) is 0 Å². The Bertz CT molecular complexity index is 1090. The lowest BCUT2D eigenvalue weighted by atomic mass is 10.1. The van der Waals surface area contributed by atoms with E-state index in [-0.39, 0.29) is 12.4 Å². The first-order valence-electron chi connectivity index (χ1n) is 11.8. The molecular weight excluding hydrogens is 498 g/mol. The van der Waals surface area contributed by atoms with Crippen LogP contribution in [-0.4, -0.2) is 52.7 Å². The third-order valence-corrected chi connectivity index (χ3v) is 5.40. The average molecular weight is 532 g/mol. The van der Waals surface area contributed by atoms with E-state index in [1.165, 1.54) is 6.07 Å². The van der Waals surface area contributed by atoms with Crippen molar-refractivity contribution in [3.8, 4) is 11.5 Å². The van der Waals surface area contributed by atoms with Crippen molar-refractivity contribution in [2.75, 3.05) is 26.3 Å². The first kappa shape index (κ1) is 30.1. The van der Waals surface area contributed by atoms with Crippen LogP contribution in [-0.2, 0) is 29.2 Å². The number of aliphatic hydroxyl groups excluding tert-OH is 2. The molecule has 9 heteroatoms. The third-order valence-electron chi connectivity index (χ3n) is 5.16. The van der Waals surface area contributed by atoms with Crippen LogP contribution in [0.4, 0.5) is 0 Å². The number of aliphatic hydroxyl groups is 2. The standard InChI is InChI=1S/C26H30ClNO5.C2H4O2/c27-23-3-1-2-20(14-23)18-32-12-13-33-24-7-4-19(5-8-24)10-11-28-16-26(31)21-6-9-25(30)22(15-21)17-29;1-2(3)4/h1-9,14-15,26,28-31H,10-13,16-18H2;1H3,(H,3,4)/t26-;/m0./s1. The van der Waals surface area contributed by atoms with E-state index in [0.717, 1.165) is 30.2 Å². The van der Waals surface area contributed by atoms with E-state index in [0.29, 0.717) is 49.1 Å². The Morgan fingerprint density at radius 3 is 2.43 bits per heavy atom. The van der Waals surface area contributed by atoms with Crippen molar-refractivity contribution in [3.63, 3.8) is 0 Å². The number of nitrogens with one attached hydrogen (secondary N) is 1. The van der Waals surface area contributed by atoms with E-state index in [1.54, 1.807) is 12.1 Å². The Kier molecular flexibility index (Phi) is 13.5. The molecule has 0 amide bonds. The number of carboxylic acid groups (broad SMARTS) is 1. The predicted octanol–water partition coefficient (Wildman–Crippen LogP) is 4.09. The van der Waals surface area contributed by atoms with E-state index >= 15 is 0 Å². The molecule has 0 aliphatic heterocycles. The van der Waals surface area contributed by atoms with Gasteiger partial charge in [0.1, 0.15) is 18.1 Å². The smallest absolute Gasteiger partial charge is 0.300 e. The monoisotopic (exact) mass is 531 g/mol. The van der Waals surface area contributed by atoms with E-state index < -0.39 is 12.1 Å². The van der Waals surface area contributed by atoms with Gasteiger partial charge in [-0.1, -0.05) is 41.9 Å². The number of carboxylic acids is 1. The maximum atomic E-state index is 10.3. The van der Waals surface area contributed by atoms with Crippen LogP contribution in [0.25, 0.3) is 0 Å². The zero-order valence-electron chi connectivity index (χ0n) is 20.8. The Morgan fingerprint density at radius 1 is 1.03 bits per heavy atom. The van der Waals surface area contributed by atoms with Crippen LogP contribution in [0.2, 0.25) is 5.02 Å². The first-order valence-corrected chi connectivity index (χ1v) is 12.2. The normalized spacial score (nSPS) is 11.4. The van der Waals surface area contributed by atoms with Gasteiger partial charge in [0.05, 0.1) is 25.9 Å². The second-order valence-electron chi connectivity index (χ2n) is 8.21. The summed E-state index contributed by atoms with van der Waals surface area (Å²) < 4.78 is 11.3. The number of aromatic hydroxyl groups is 1. The summed E-state index contributed by atoms with van der Waals surface area (Å²) in [5.74, 6) is -0.0144. The minimum atomic E-state index is -0.833. The number of benzene rings is 3. The molecule has 200 valence electrons. The van der Waals surface area contributed by atoms with Crippen molar-refractivity contribution >= 4 is 17.6 Å². The second-order valence-corrected chi connectivity index (χ2v) is 8.65.